The Hall–Kier alpha value is -2.68. The molecule has 2 heterocycles. The van der Waals surface area contributed by atoms with Crippen molar-refractivity contribution in [1.82, 2.24) is 10.2 Å². The van der Waals surface area contributed by atoms with Gasteiger partial charge in [0.15, 0.2) is 0 Å². The van der Waals surface area contributed by atoms with Crippen molar-refractivity contribution >= 4 is 29.2 Å². The maximum Gasteiger partial charge on any atom is 0.306 e. The molecule has 0 bridgehead atoms. The van der Waals surface area contributed by atoms with Crippen LogP contribution in [0, 0.1) is 11.7 Å². The van der Waals surface area contributed by atoms with Crippen LogP contribution in [0.1, 0.15) is 65.7 Å². The van der Waals surface area contributed by atoms with Crippen LogP contribution in [-0.2, 0) is 19.1 Å². The zero-order valence-corrected chi connectivity index (χ0v) is 21.6. The number of hydrogen-bond donors (Lipinski definition) is 2. The first-order chi connectivity index (χ1) is 17.1. The highest BCUT2D eigenvalue weighted by Crippen LogP contribution is 2.32. The summed E-state index contributed by atoms with van der Waals surface area (Å²) >= 11 is 0. The van der Waals surface area contributed by atoms with E-state index >= 15 is 0 Å². The number of esters is 1. The minimum absolute atomic E-state index is 0.0973. The van der Waals surface area contributed by atoms with Gasteiger partial charge in [0.2, 0.25) is 11.8 Å². The molecule has 1 unspecified atom stereocenters. The first-order valence-electron chi connectivity index (χ1n) is 13.2. The number of carbonyl (C=O) groups excluding carboxylic acids is 3. The van der Waals surface area contributed by atoms with Crippen molar-refractivity contribution in [3.05, 3.63) is 24.0 Å². The number of amides is 2. The molecule has 1 saturated carbocycles. The van der Waals surface area contributed by atoms with E-state index in [1.54, 1.807) is 12.1 Å². The van der Waals surface area contributed by atoms with E-state index in [0.717, 1.165) is 51.9 Å². The summed E-state index contributed by atoms with van der Waals surface area (Å²) in [6, 6.07) is 4.97. The lowest BCUT2D eigenvalue weighted by Crippen LogP contribution is -2.51. The predicted octanol–water partition coefficient (Wildman–Crippen LogP) is 3.46. The van der Waals surface area contributed by atoms with E-state index in [9.17, 15) is 18.8 Å². The van der Waals surface area contributed by atoms with Gasteiger partial charge in [-0.25, -0.2) is 4.39 Å². The normalized spacial score (nSPS) is 25.9. The van der Waals surface area contributed by atoms with Gasteiger partial charge in [0.05, 0.1) is 5.69 Å². The van der Waals surface area contributed by atoms with Crippen LogP contribution >= 0.6 is 0 Å². The molecule has 2 saturated heterocycles. The Bertz CT molecular complexity index is 963. The number of piperazine rings is 1. The van der Waals surface area contributed by atoms with E-state index in [4.69, 9.17) is 4.74 Å². The molecule has 3 fully saturated rings. The number of anilines is 2. The standard InChI is InChI=1S/C27H39FN4O4/c1-27(2,3)36-25(34)16-18-4-7-20(8-5-18)31-12-14-32(15-13-31)23-10-6-19(17-21(23)28)29-22-9-11-24(33)30-26(22)35/h6,10,17-18,20,22,29H,4-5,7-9,11-16H2,1-3H3,(H,30,33,35)/t18-,20-,22?. The Morgan fingerprint density at radius 2 is 1.78 bits per heavy atom. The van der Waals surface area contributed by atoms with Crippen molar-refractivity contribution in [3.63, 3.8) is 0 Å². The van der Waals surface area contributed by atoms with Crippen LogP contribution in [0.2, 0.25) is 0 Å². The van der Waals surface area contributed by atoms with Crippen LogP contribution in [0.15, 0.2) is 18.2 Å². The summed E-state index contributed by atoms with van der Waals surface area (Å²) in [5.41, 5.74) is 0.676. The molecule has 36 heavy (non-hydrogen) atoms. The van der Waals surface area contributed by atoms with Crippen LogP contribution < -0.4 is 15.5 Å². The van der Waals surface area contributed by atoms with Crippen LogP contribution in [-0.4, -0.2) is 66.5 Å². The van der Waals surface area contributed by atoms with Crippen LogP contribution in [0.25, 0.3) is 0 Å². The fraction of sp³-hybridized carbons (Fsp3) is 0.667. The topological polar surface area (TPSA) is 91.0 Å². The number of ether oxygens (including phenoxy) is 1. The molecule has 0 aromatic heterocycles. The molecule has 1 aromatic carbocycles. The summed E-state index contributed by atoms with van der Waals surface area (Å²) in [4.78, 5) is 40.0. The lowest BCUT2D eigenvalue weighted by Gasteiger charge is -2.42. The van der Waals surface area contributed by atoms with Gasteiger partial charge in [0, 0.05) is 50.7 Å². The summed E-state index contributed by atoms with van der Waals surface area (Å²) in [5, 5.41) is 5.35. The number of nitrogens with one attached hydrogen (secondary N) is 2. The van der Waals surface area contributed by atoms with Crippen molar-refractivity contribution in [2.45, 2.75) is 83.4 Å². The molecule has 8 nitrogen and oxygen atoms in total. The Kier molecular flexibility index (Phi) is 8.17. The molecule has 4 rings (SSSR count). The fourth-order valence-electron chi connectivity index (χ4n) is 5.55. The number of hydrogen-bond acceptors (Lipinski definition) is 7. The SMILES string of the molecule is CC(C)(C)OC(=O)C[C@H]1CC[C@H](N2CCN(c3ccc(NC4CCC(=O)NC4=O)cc3F)CC2)CC1. The van der Waals surface area contributed by atoms with Crippen LogP contribution in [0.5, 0.6) is 0 Å². The van der Waals surface area contributed by atoms with Gasteiger partial charge in [0.25, 0.3) is 0 Å². The van der Waals surface area contributed by atoms with Crippen molar-refractivity contribution in [3.8, 4) is 0 Å². The van der Waals surface area contributed by atoms with E-state index in [1.807, 2.05) is 20.8 Å². The maximum atomic E-state index is 15.0. The average Bonchev–Trinajstić information content (AvgIpc) is 2.80. The highest BCUT2D eigenvalue weighted by atomic mass is 19.1. The summed E-state index contributed by atoms with van der Waals surface area (Å²) in [6.45, 7) is 9.00. The molecule has 3 aliphatic rings. The van der Waals surface area contributed by atoms with Gasteiger partial charge in [-0.15, -0.1) is 0 Å². The average molecular weight is 503 g/mol. The van der Waals surface area contributed by atoms with E-state index in [0.29, 0.717) is 36.2 Å². The van der Waals surface area contributed by atoms with Gasteiger partial charge in [0.1, 0.15) is 17.5 Å². The van der Waals surface area contributed by atoms with Crippen molar-refractivity contribution in [1.29, 1.82) is 0 Å². The molecule has 2 aliphatic heterocycles. The number of piperidine rings is 1. The third-order valence-corrected chi connectivity index (χ3v) is 7.39. The highest BCUT2D eigenvalue weighted by molar-refractivity contribution is 6.01. The lowest BCUT2D eigenvalue weighted by atomic mass is 9.83. The van der Waals surface area contributed by atoms with Crippen LogP contribution in [0.4, 0.5) is 15.8 Å². The third-order valence-electron chi connectivity index (χ3n) is 7.39. The van der Waals surface area contributed by atoms with Gasteiger partial charge >= 0.3 is 5.97 Å². The summed E-state index contributed by atoms with van der Waals surface area (Å²) in [7, 11) is 0. The quantitative estimate of drug-likeness (QED) is 0.455. The Morgan fingerprint density at radius 1 is 1.08 bits per heavy atom. The molecule has 0 radical (unpaired) electrons. The number of halogens is 1. The molecule has 9 heteroatoms. The van der Waals surface area contributed by atoms with E-state index in [1.165, 1.54) is 6.07 Å². The third kappa shape index (κ3) is 6.96. The Balaban J connectivity index is 1.23. The maximum absolute atomic E-state index is 15.0. The first kappa shape index (κ1) is 26.4. The van der Waals surface area contributed by atoms with Crippen molar-refractivity contribution < 1.29 is 23.5 Å². The molecule has 1 atom stereocenters. The highest BCUT2D eigenvalue weighted by Gasteiger charge is 2.31. The molecular weight excluding hydrogens is 463 g/mol. The minimum Gasteiger partial charge on any atom is -0.460 e. The molecule has 0 spiro atoms. The second kappa shape index (κ2) is 11.2. The number of nitrogens with zero attached hydrogens (tertiary/aromatic N) is 2. The largest absolute Gasteiger partial charge is 0.460 e. The smallest absolute Gasteiger partial charge is 0.306 e. The van der Waals surface area contributed by atoms with Gasteiger partial charge in [-0.3, -0.25) is 24.6 Å². The Morgan fingerprint density at radius 3 is 2.39 bits per heavy atom. The molecule has 2 amide bonds. The summed E-state index contributed by atoms with van der Waals surface area (Å²) < 4.78 is 20.4. The second-order valence-electron chi connectivity index (χ2n) is 11.3. The number of benzene rings is 1. The summed E-state index contributed by atoms with van der Waals surface area (Å²) in [6.07, 6.45) is 5.44. The van der Waals surface area contributed by atoms with E-state index < -0.39 is 11.6 Å². The molecule has 198 valence electrons. The first-order valence-corrected chi connectivity index (χ1v) is 13.2. The van der Waals surface area contributed by atoms with Gasteiger partial charge < -0.3 is 15.0 Å². The van der Waals surface area contributed by atoms with Gasteiger partial charge in [-0.05, 0) is 77.0 Å². The van der Waals surface area contributed by atoms with Gasteiger partial charge in [-0.1, -0.05) is 0 Å². The monoisotopic (exact) mass is 502 g/mol. The van der Waals surface area contributed by atoms with Gasteiger partial charge in [-0.2, -0.15) is 0 Å². The van der Waals surface area contributed by atoms with E-state index in [2.05, 4.69) is 20.4 Å². The lowest BCUT2D eigenvalue weighted by molar-refractivity contribution is -0.156. The number of rotatable bonds is 6. The number of imide groups is 1. The zero-order valence-electron chi connectivity index (χ0n) is 21.6. The molecular formula is C27H39FN4O4. The zero-order chi connectivity index (χ0) is 25.9. The molecule has 1 aliphatic carbocycles. The van der Waals surface area contributed by atoms with Crippen LogP contribution in [0.3, 0.4) is 0 Å². The molecule has 2 N–H and O–H groups in total. The summed E-state index contributed by atoms with van der Waals surface area (Å²) in [5.74, 6) is -0.652. The Labute approximate surface area is 212 Å². The minimum atomic E-state index is -0.532. The van der Waals surface area contributed by atoms with Crippen molar-refractivity contribution in [2.75, 3.05) is 36.4 Å². The predicted molar refractivity (Wildman–Crippen MR) is 136 cm³/mol. The fourth-order valence-corrected chi connectivity index (χ4v) is 5.55. The van der Waals surface area contributed by atoms with E-state index in [-0.39, 0.29) is 30.0 Å². The second-order valence-corrected chi connectivity index (χ2v) is 11.3. The molecule has 1 aromatic rings. The van der Waals surface area contributed by atoms with Crippen molar-refractivity contribution in [2.24, 2.45) is 5.92 Å². The number of carbonyl (C=O) groups is 3.